The van der Waals surface area contributed by atoms with Crippen LogP contribution in [0.25, 0.3) is 0 Å². The molecule has 0 atom stereocenters. The number of nitrogens with zero attached hydrogens (tertiary/aromatic N) is 4. The lowest BCUT2D eigenvalue weighted by Crippen LogP contribution is -1.92. The van der Waals surface area contributed by atoms with Crippen molar-refractivity contribution >= 4 is 5.69 Å². The number of hydrogen-bond donors (Lipinski definition) is 1. The number of allylic oxidation sites excluding steroid dienone is 1. The number of hydrogen-bond acceptors (Lipinski definition) is 6. The van der Waals surface area contributed by atoms with Crippen LogP contribution in [0.5, 0.6) is 11.6 Å². The molecular formula is C14H9N5O. The zero-order valence-electron chi connectivity index (χ0n) is 10.3. The average Bonchev–Trinajstić information content (AvgIpc) is 2.51. The smallest absolute Gasteiger partial charge is 0.219 e. The van der Waals surface area contributed by atoms with Gasteiger partial charge in [0.15, 0.2) is 0 Å². The van der Waals surface area contributed by atoms with Crippen molar-refractivity contribution in [2.45, 2.75) is 0 Å². The fourth-order valence-electron chi connectivity index (χ4n) is 1.30. The molecule has 2 aromatic heterocycles. The van der Waals surface area contributed by atoms with Crippen LogP contribution in [0.3, 0.4) is 0 Å². The molecule has 96 valence electrons. The van der Waals surface area contributed by atoms with Gasteiger partial charge < -0.3 is 10.1 Å². The van der Waals surface area contributed by atoms with Gasteiger partial charge in [0.2, 0.25) is 5.88 Å². The maximum atomic E-state index is 8.59. The van der Waals surface area contributed by atoms with Crippen LogP contribution in [-0.4, -0.2) is 9.97 Å². The maximum absolute atomic E-state index is 8.59. The molecule has 0 fully saturated rings. The largest absolute Gasteiger partial charge is 0.437 e. The molecule has 20 heavy (non-hydrogen) atoms. The Balaban J connectivity index is 2.02. The monoisotopic (exact) mass is 263 g/mol. The minimum Gasteiger partial charge on any atom is -0.437 e. The average molecular weight is 263 g/mol. The van der Waals surface area contributed by atoms with E-state index in [9.17, 15) is 0 Å². The SMILES string of the molecule is N#CC(C#N)=CNc1ccc(Oc2cccnc2)nc1. The molecule has 6 nitrogen and oxygen atoms in total. The molecule has 0 unspecified atom stereocenters. The van der Waals surface area contributed by atoms with Crippen LogP contribution in [0.15, 0.2) is 54.6 Å². The summed E-state index contributed by atoms with van der Waals surface area (Å²) in [5.74, 6) is 1.02. The number of nitrogens with one attached hydrogen (secondary N) is 1. The predicted octanol–water partition coefficient (Wildman–Crippen LogP) is 2.61. The van der Waals surface area contributed by atoms with Crippen LogP contribution in [0.1, 0.15) is 0 Å². The van der Waals surface area contributed by atoms with Gasteiger partial charge in [-0.2, -0.15) is 10.5 Å². The first kappa shape index (κ1) is 13.1. The third-order valence-electron chi connectivity index (χ3n) is 2.22. The molecule has 2 rings (SSSR count). The normalized spacial score (nSPS) is 8.90. The van der Waals surface area contributed by atoms with Crippen molar-refractivity contribution in [3.05, 3.63) is 54.6 Å². The highest BCUT2D eigenvalue weighted by atomic mass is 16.5. The summed E-state index contributed by atoms with van der Waals surface area (Å²) in [6, 6.07) is 10.4. The number of anilines is 1. The lowest BCUT2D eigenvalue weighted by atomic mass is 10.3. The molecule has 2 aromatic rings. The third kappa shape index (κ3) is 3.56. The van der Waals surface area contributed by atoms with Crippen molar-refractivity contribution in [1.29, 1.82) is 10.5 Å². The molecule has 0 amide bonds. The van der Waals surface area contributed by atoms with E-state index in [1.165, 1.54) is 12.4 Å². The summed E-state index contributed by atoms with van der Waals surface area (Å²) in [7, 11) is 0. The Bertz CT molecular complexity index is 664. The first-order chi connectivity index (χ1) is 9.81. The molecule has 0 saturated heterocycles. The lowest BCUT2D eigenvalue weighted by Gasteiger charge is -2.05. The summed E-state index contributed by atoms with van der Waals surface area (Å²) in [5, 5.41) is 20.0. The van der Waals surface area contributed by atoms with Crippen LogP contribution < -0.4 is 10.1 Å². The number of aromatic nitrogens is 2. The summed E-state index contributed by atoms with van der Waals surface area (Å²) in [5.41, 5.74) is 0.632. The Morgan fingerprint density at radius 2 is 2.05 bits per heavy atom. The Morgan fingerprint density at radius 1 is 1.20 bits per heavy atom. The van der Waals surface area contributed by atoms with Gasteiger partial charge in [-0.1, -0.05) is 0 Å². The van der Waals surface area contributed by atoms with Crippen molar-refractivity contribution in [3.63, 3.8) is 0 Å². The van der Waals surface area contributed by atoms with Gasteiger partial charge in [-0.15, -0.1) is 0 Å². The third-order valence-corrected chi connectivity index (χ3v) is 2.22. The van der Waals surface area contributed by atoms with Gasteiger partial charge in [0.05, 0.1) is 18.1 Å². The van der Waals surface area contributed by atoms with Crippen molar-refractivity contribution in [3.8, 4) is 23.8 Å². The lowest BCUT2D eigenvalue weighted by molar-refractivity contribution is 0.461. The Labute approximate surface area is 115 Å². The molecule has 0 radical (unpaired) electrons. The molecular weight excluding hydrogens is 254 g/mol. The Kier molecular flexibility index (Phi) is 4.26. The van der Waals surface area contributed by atoms with Crippen LogP contribution in [-0.2, 0) is 0 Å². The number of pyridine rings is 2. The van der Waals surface area contributed by atoms with E-state index < -0.39 is 0 Å². The van der Waals surface area contributed by atoms with E-state index in [1.807, 2.05) is 0 Å². The highest BCUT2D eigenvalue weighted by Gasteiger charge is 1.99. The van der Waals surface area contributed by atoms with Gasteiger partial charge in [0, 0.05) is 18.5 Å². The predicted molar refractivity (Wildman–Crippen MR) is 71.5 cm³/mol. The van der Waals surface area contributed by atoms with Gasteiger partial charge in [-0.3, -0.25) is 4.98 Å². The molecule has 1 N–H and O–H groups in total. The molecule has 0 aliphatic rings. The van der Waals surface area contributed by atoms with Gasteiger partial charge in [-0.05, 0) is 18.2 Å². The molecule has 0 aliphatic carbocycles. The van der Waals surface area contributed by atoms with E-state index in [0.29, 0.717) is 17.3 Å². The number of rotatable bonds is 4. The zero-order valence-corrected chi connectivity index (χ0v) is 10.3. The van der Waals surface area contributed by atoms with E-state index in [4.69, 9.17) is 15.3 Å². The molecule has 0 spiro atoms. The highest BCUT2D eigenvalue weighted by Crippen LogP contribution is 2.19. The van der Waals surface area contributed by atoms with Gasteiger partial charge in [0.25, 0.3) is 0 Å². The van der Waals surface area contributed by atoms with E-state index in [1.54, 1.807) is 48.8 Å². The summed E-state index contributed by atoms with van der Waals surface area (Å²) in [6.07, 6.45) is 6.09. The van der Waals surface area contributed by atoms with Crippen LogP contribution in [0.2, 0.25) is 0 Å². The molecule has 0 aromatic carbocycles. The zero-order chi connectivity index (χ0) is 14.2. The Morgan fingerprint density at radius 3 is 2.65 bits per heavy atom. The second kappa shape index (κ2) is 6.53. The topological polar surface area (TPSA) is 94.6 Å². The van der Waals surface area contributed by atoms with Crippen LogP contribution >= 0.6 is 0 Å². The quantitative estimate of drug-likeness (QED) is 0.852. The standard InChI is InChI=1S/C14H9N5O/c15-6-11(7-16)8-18-12-3-4-14(19-9-12)20-13-2-1-5-17-10-13/h1-5,8-10,18H. The minimum absolute atomic E-state index is 0.0133. The highest BCUT2D eigenvalue weighted by molar-refractivity contribution is 5.48. The van der Waals surface area contributed by atoms with Crippen LogP contribution in [0.4, 0.5) is 5.69 Å². The second-order valence-corrected chi connectivity index (χ2v) is 3.60. The van der Waals surface area contributed by atoms with E-state index >= 15 is 0 Å². The van der Waals surface area contributed by atoms with Crippen molar-refractivity contribution in [1.82, 2.24) is 9.97 Å². The van der Waals surface area contributed by atoms with Gasteiger partial charge in [0.1, 0.15) is 23.5 Å². The fourth-order valence-corrected chi connectivity index (χ4v) is 1.30. The minimum atomic E-state index is -0.0133. The summed E-state index contributed by atoms with van der Waals surface area (Å²) >= 11 is 0. The molecule has 6 heteroatoms. The van der Waals surface area contributed by atoms with Gasteiger partial charge in [-0.25, -0.2) is 4.98 Å². The second-order valence-electron chi connectivity index (χ2n) is 3.60. The number of nitriles is 2. The van der Waals surface area contributed by atoms with E-state index in [0.717, 1.165) is 0 Å². The number of ether oxygens (including phenoxy) is 1. The summed E-state index contributed by atoms with van der Waals surface area (Å²) in [4.78, 5) is 8.03. The maximum Gasteiger partial charge on any atom is 0.219 e. The van der Waals surface area contributed by atoms with Crippen molar-refractivity contribution in [2.24, 2.45) is 0 Å². The van der Waals surface area contributed by atoms with E-state index in [2.05, 4.69) is 15.3 Å². The summed E-state index contributed by atoms with van der Waals surface area (Å²) < 4.78 is 5.48. The molecule has 0 saturated carbocycles. The fraction of sp³-hybridized carbons (Fsp3) is 0. The Hall–Kier alpha value is -3.38. The first-order valence-corrected chi connectivity index (χ1v) is 5.62. The first-order valence-electron chi connectivity index (χ1n) is 5.62. The molecule has 0 bridgehead atoms. The van der Waals surface area contributed by atoms with Gasteiger partial charge >= 0.3 is 0 Å². The van der Waals surface area contributed by atoms with E-state index in [-0.39, 0.29) is 5.57 Å². The molecule has 2 heterocycles. The van der Waals surface area contributed by atoms with Crippen LogP contribution in [0, 0.1) is 22.7 Å². The molecule has 0 aliphatic heterocycles. The summed E-state index contributed by atoms with van der Waals surface area (Å²) in [6.45, 7) is 0. The van der Waals surface area contributed by atoms with Crippen molar-refractivity contribution in [2.75, 3.05) is 5.32 Å². The van der Waals surface area contributed by atoms with Crippen molar-refractivity contribution < 1.29 is 4.74 Å².